The summed E-state index contributed by atoms with van der Waals surface area (Å²) in [6, 6.07) is 6.22. The summed E-state index contributed by atoms with van der Waals surface area (Å²) < 4.78 is 1.53. The van der Waals surface area contributed by atoms with Crippen LogP contribution in [0.2, 0.25) is 0 Å². The molecule has 0 saturated heterocycles. The van der Waals surface area contributed by atoms with E-state index >= 15 is 0 Å². The number of thiophene rings is 1. The molecule has 0 aliphatic heterocycles. The largest absolute Gasteiger partial charge is 0.348 e. The van der Waals surface area contributed by atoms with Crippen LogP contribution in [-0.2, 0) is 11.8 Å². The van der Waals surface area contributed by atoms with Gasteiger partial charge in [0.15, 0.2) is 5.16 Å². The molecule has 0 fully saturated rings. The highest BCUT2D eigenvalue weighted by Crippen LogP contribution is 2.32. The van der Waals surface area contributed by atoms with Crippen molar-refractivity contribution in [1.29, 1.82) is 0 Å². The van der Waals surface area contributed by atoms with Crippen molar-refractivity contribution in [2.45, 2.75) is 19.0 Å². The number of rotatable bonds is 4. The Labute approximate surface area is 160 Å². The Hall–Kier alpha value is -2.12. The highest BCUT2D eigenvalue weighted by Gasteiger charge is 2.17. The highest BCUT2D eigenvalue weighted by molar-refractivity contribution is 7.99. The van der Waals surface area contributed by atoms with Crippen molar-refractivity contribution >= 4 is 39.2 Å². The Morgan fingerprint density at radius 2 is 2.00 bits per heavy atom. The second-order valence-corrected chi connectivity index (χ2v) is 8.26. The topological polar surface area (TPSA) is 55.2 Å². The molecule has 0 atom stereocenters. The Kier molecular flexibility index (Phi) is 5.20. The monoisotopic (exact) mass is 387 g/mol. The molecule has 2 aromatic heterocycles. The van der Waals surface area contributed by atoms with Crippen molar-refractivity contribution in [1.82, 2.24) is 14.5 Å². The number of carbonyl (C=O) groups is 1. The lowest BCUT2D eigenvalue weighted by Gasteiger charge is -2.11. The van der Waals surface area contributed by atoms with Crippen molar-refractivity contribution < 1.29 is 4.79 Å². The average molecular weight is 388 g/mol. The number of carbonyl (C=O) groups excluding carboxylic acids is 1. The van der Waals surface area contributed by atoms with Crippen LogP contribution in [0.5, 0.6) is 0 Å². The molecule has 3 aromatic rings. The van der Waals surface area contributed by atoms with Crippen LogP contribution in [0.4, 0.5) is 0 Å². The molecule has 0 aliphatic carbocycles. The van der Waals surface area contributed by atoms with E-state index < -0.39 is 0 Å². The van der Waals surface area contributed by atoms with E-state index in [1.165, 1.54) is 43.7 Å². The number of hydrogen-bond acceptors (Lipinski definition) is 5. The lowest BCUT2D eigenvalue weighted by Crippen LogP contribution is -2.25. The summed E-state index contributed by atoms with van der Waals surface area (Å²) in [6.07, 6.45) is 0. The number of hydrogen-bond donors (Lipinski definition) is 0. The second-order valence-electron chi connectivity index (χ2n) is 6.46. The molecule has 7 heteroatoms. The minimum Gasteiger partial charge on any atom is -0.348 e. The zero-order chi connectivity index (χ0) is 19.0. The minimum absolute atomic E-state index is 0.00801. The van der Waals surface area contributed by atoms with E-state index in [2.05, 4.69) is 31.0 Å². The Balaban J connectivity index is 2.05. The van der Waals surface area contributed by atoms with Crippen LogP contribution in [0.25, 0.3) is 21.3 Å². The summed E-state index contributed by atoms with van der Waals surface area (Å²) in [7, 11) is 5.14. The van der Waals surface area contributed by atoms with Gasteiger partial charge in [-0.25, -0.2) is 4.98 Å². The third kappa shape index (κ3) is 3.41. The molecule has 2 heterocycles. The van der Waals surface area contributed by atoms with Crippen LogP contribution in [0, 0.1) is 13.8 Å². The third-order valence-corrected chi connectivity index (χ3v) is 6.30. The van der Waals surface area contributed by atoms with Crippen molar-refractivity contribution in [3.63, 3.8) is 0 Å². The molecule has 0 unspecified atom stereocenters. The smallest absolute Gasteiger partial charge is 0.263 e. The van der Waals surface area contributed by atoms with E-state index in [0.29, 0.717) is 15.4 Å². The summed E-state index contributed by atoms with van der Waals surface area (Å²) in [5, 5.41) is 3.19. The molecule has 5 nitrogen and oxygen atoms in total. The first kappa shape index (κ1) is 18.7. The molecule has 0 N–H and O–H groups in total. The number of fused-ring (bicyclic) bond motifs is 1. The van der Waals surface area contributed by atoms with E-state index in [4.69, 9.17) is 0 Å². The Morgan fingerprint density at radius 1 is 1.27 bits per heavy atom. The van der Waals surface area contributed by atoms with Crippen LogP contribution in [0.1, 0.15) is 11.1 Å². The van der Waals surface area contributed by atoms with Gasteiger partial charge in [0.25, 0.3) is 5.56 Å². The number of aryl methyl sites for hydroxylation is 2. The molecule has 26 heavy (non-hydrogen) atoms. The van der Waals surface area contributed by atoms with Crippen molar-refractivity contribution in [3.05, 3.63) is 45.1 Å². The highest BCUT2D eigenvalue weighted by atomic mass is 32.2. The quantitative estimate of drug-likeness (QED) is 0.508. The predicted octanol–water partition coefficient (Wildman–Crippen LogP) is 3.46. The number of nitrogens with zero attached hydrogens (tertiary/aromatic N) is 3. The van der Waals surface area contributed by atoms with Gasteiger partial charge in [-0.05, 0) is 30.5 Å². The van der Waals surface area contributed by atoms with Crippen LogP contribution >= 0.6 is 23.1 Å². The lowest BCUT2D eigenvalue weighted by atomic mass is 10.0. The summed E-state index contributed by atoms with van der Waals surface area (Å²) in [4.78, 5) is 31.6. The van der Waals surface area contributed by atoms with E-state index in [1.807, 2.05) is 11.4 Å². The fourth-order valence-corrected chi connectivity index (χ4v) is 4.50. The Bertz CT molecular complexity index is 1050. The van der Waals surface area contributed by atoms with E-state index in [0.717, 1.165) is 11.1 Å². The number of amides is 1. The maximum absolute atomic E-state index is 13.0. The summed E-state index contributed by atoms with van der Waals surface area (Å²) in [6.45, 7) is 4.14. The number of benzene rings is 1. The van der Waals surface area contributed by atoms with Crippen molar-refractivity contribution in [2.24, 2.45) is 7.05 Å². The van der Waals surface area contributed by atoms with E-state index in [1.54, 1.807) is 21.1 Å². The van der Waals surface area contributed by atoms with Gasteiger partial charge in [0.2, 0.25) is 5.91 Å². The van der Waals surface area contributed by atoms with Gasteiger partial charge in [0.1, 0.15) is 4.83 Å². The van der Waals surface area contributed by atoms with Gasteiger partial charge in [-0.2, -0.15) is 0 Å². The predicted molar refractivity (Wildman–Crippen MR) is 109 cm³/mol. The molecule has 1 aromatic carbocycles. The summed E-state index contributed by atoms with van der Waals surface area (Å²) in [5.74, 6) is 0.250. The molecule has 0 bridgehead atoms. The lowest BCUT2D eigenvalue weighted by molar-refractivity contribution is -0.125. The van der Waals surface area contributed by atoms with E-state index in [9.17, 15) is 9.59 Å². The zero-order valence-corrected chi connectivity index (χ0v) is 17.1. The zero-order valence-electron chi connectivity index (χ0n) is 15.5. The van der Waals surface area contributed by atoms with Gasteiger partial charge in [-0.15, -0.1) is 11.3 Å². The van der Waals surface area contributed by atoms with Gasteiger partial charge < -0.3 is 4.90 Å². The third-order valence-electron chi connectivity index (χ3n) is 4.42. The van der Waals surface area contributed by atoms with Crippen molar-refractivity contribution in [2.75, 3.05) is 19.8 Å². The van der Waals surface area contributed by atoms with Gasteiger partial charge >= 0.3 is 0 Å². The van der Waals surface area contributed by atoms with Gasteiger partial charge in [-0.3, -0.25) is 14.2 Å². The molecule has 3 rings (SSSR count). The normalized spacial score (nSPS) is 11.1. The summed E-state index contributed by atoms with van der Waals surface area (Å²) >= 11 is 2.75. The fourth-order valence-electron chi connectivity index (χ4n) is 2.56. The van der Waals surface area contributed by atoms with Crippen molar-refractivity contribution in [3.8, 4) is 11.1 Å². The molecule has 0 aliphatic rings. The first-order chi connectivity index (χ1) is 12.3. The van der Waals surface area contributed by atoms with Gasteiger partial charge in [0, 0.05) is 32.1 Å². The van der Waals surface area contributed by atoms with Crippen LogP contribution in [0.3, 0.4) is 0 Å². The average Bonchev–Trinajstić information content (AvgIpc) is 3.02. The molecule has 0 saturated carbocycles. The van der Waals surface area contributed by atoms with Gasteiger partial charge in [0.05, 0.1) is 11.1 Å². The molecule has 0 spiro atoms. The maximum atomic E-state index is 13.0. The fraction of sp³-hybridized carbons (Fsp3) is 0.316. The standard InChI is InChI=1S/C19H21N3O2S2/c1-11-6-7-13(8-12(11)2)14-9-25-17-16(14)18(24)22(5)19(20-17)26-10-15(23)21(3)4/h6-9H,10H2,1-5H3. The van der Waals surface area contributed by atoms with E-state index in [-0.39, 0.29) is 17.2 Å². The Morgan fingerprint density at radius 3 is 2.65 bits per heavy atom. The maximum Gasteiger partial charge on any atom is 0.263 e. The first-order valence-corrected chi connectivity index (χ1v) is 10.0. The second kappa shape index (κ2) is 7.25. The molecule has 136 valence electrons. The first-order valence-electron chi connectivity index (χ1n) is 8.18. The molecular formula is C19H21N3O2S2. The molecule has 1 amide bonds. The van der Waals surface area contributed by atoms with Crippen LogP contribution in [-0.4, -0.2) is 40.2 Å². The minimum atomic E-state index is -0.0794. The van der Waals surface area contributed by atoms with Gasteiger partial charge in [-0.1, -0.05) is 30.0 Å². The van der Waals surface area contributed by atoms with Crippen LogP contribution < -0.4 is 5.56 Å². The number of thioether (sulfide) groups is 1. The molecule has 0 radical (unpaired) electrons. The summed E-state index contributed by atoms with van der Waals surface area (Å²) in [5.41, 5.74) is 4.29. The number of aromatic nitrogens is 2. The van der Waals surface area contributed by atoms with Crippen LogP contribution in [0.15, 0.2) is 33.5 Å². The molecular weight excluding hydrogens is 366 g/mol. The SMILES string of the molecule is Cc1ccc(-c2csc3nc(SCC(=O)N(C)C)n(C)c(=O)c23)cc1C.